The Morgan fingerprint density at radius 2 is 1.74 bits per heavy atom. The van der Waals surface area contributed by atoms with Gasteiger partial charge in [-0.25, -0.2) is 0 Å². The Bertz CT molecular complexity index is 1120. The second-order valence-electron chi connectivity index (χ2n) is 17.4. The van der Waals surface area contributed by atoms with E-state index < -0.39 is 11.6 Å². The van der Waals surface area contributed by atoms with Crippen molar-refractivity contribution in [1.29, 1.82) is 0 Å². The van der Waals surface area contributed by atoms with E-state index >= 15 is 0 Å². The van der Waals surface area contributed by atoms with Crippen molar-refractivity contribution in [3.05, 3.63) is 23.3 Å². The fourth-order valence-corrected chi connectivity index (χ4v) is 12.7. The number of carboxylic acids is 1. The average molecular weight is 580 g/mol. The molecule has 236 valence electrons. The van der Waals surface area contributed by atoms with Crippen molar-refractivity contribution in [1.82, 2.24) is 5.32 Å². The lowest BCUT2D eigenvalue weighted by atomic mass is 9.34. The Labute approximate surface area is 256 Å². The molecule has 0 aromatic heterocycles. The minimum absolute atomic E-state index is 0.193. The number of aliphatic hydroxyl groups is 1. The van der Waals surface area contributed by atoms with Crippen LogP contribution in [0.1, 0.15) is 138 Å². The Balaban J connectivity index is 1.21. The van der Waals surface area contributed by atoms with Crippen LogP contribution in [0.25, 0.3) is 0 Å². The number of aliphatic carboxylic acids is 1. The topological polar surface area (TPSA) is 69.6 Å². The van der Waals surface area contributed by atoms with Gasteiger partial charge in [-0.15, -0.1) is 0 Å². The summed E-state index contributed by atoms with van der Waals surface area (Å²) >= 11 is 0. The van der Waals surface area contributed by atoms with E-state index in [1.54, 1.807) is 5.57 Å². The first-order chi connectivity index (χ1) is 19.7. The van der Waals surface area contributed by atoms with Crippen LogP contribution in [-0.2, 0) is 4.79 Å². The van der Waals surface area contributed by atoms with Crippen LogP contribution in [0.3, 0.4) is 0 Å². The van der Waals surface area contributed by atoms with Gasteiger partial charge in [-0.1, -0.05) is 46.3 Å². The largest absolute Gasteiger partial charge is 0.481 e. The highest BCUT2D eigenvalue weighted by Crippen LogP contribution is 2.75. The van der Waals surface area contributed by atoms with Gasteiger partial charge in [0.25, 0.3) is 0 Å². The van der Waals surface area contributed by atoms with Gasteiger partial charge in [0.05, 0.1) is 11.5 Å². The van der Waals surface area contributed by atoms with Crippen molar-refractivity contribution in [3.63, 3.8) is 0 Å². The fourth-order valence-electron chi connectivity index (χ4n) is 12.7. The number of hydrogen-bond donors (Lipinski definition) is 3. The first kappa shape index (κ1) is 30.9. The molecule has 10 atom stereocenters. The molecule has 42 heavy (non-hydrogen) atoms. The van der Waals surface area contributed by atoms with E-state index in [4.69, 9.17) is 0 Å². The zero-order valence-corrected chi connectivity index (χ0v) is 27.7. The zero-order valence-electron chi connectivity index (χ0n) is 27.7. The van der Waals surface area contributed by atoms with Gasteiger partial charge in [-0.2, -0.15) is 0 Å². The van der Waals surface area contributed by atoms with E-state index in [0.29, 0.717) is 34.1 Å². The van der Waals surface area contributed by atoms with Gasteiger partial charge in [0.15, 0.2) is 0 Å². The average Bonchev–Trinajstić information content (AvgIpc) is 3.35. The van der Waals surface area contributed by atoms with Crippen molar-refractivity contribution in [2.24, 2.45) is 51.8 Å². The molecule has 0 saturated heterocycles. The second-order valence-corrected chi connectivity index (χ2v) is 17.4. The summed E-state index contributed by atoms with van der Waals surface area (Å²) in [6, 6.07) is 0. The maximum Gasteiger partial charge on any atom is 0.306 e. The van der Waals surface area contributed by atoms with Crippen molar-refractivity contribution in [3.8, 4) is 0 Å². The number of allylic oxidation sites excluding steroid dienone is 4. The molecular formula is C38H61NO3. The molecule has 0 spiro atoms. The number of rotatable bonds is 7. The van der Waals surface area contributed by atoms with Crippen molar-refractivity contribution < 1.29 is 15.0 Å². The molecule has 4 nitrogen and oxygen atoms in total. The van der Waals surface area contributed by atoms with Gasteiger partial charge in [-0.3, -0.25) is 4.79 Å². The second kappa shape index (κ2) is 10.7. The summed E-state index contributed by atoms with van der Waals surface area (Å²) in [4.78, 5) is 11.5. The van der Waals surface area contributed by atoms with Crippen LogP contribution in [0.4, 0.5) is 0 Å². The Morgan fingerprint density at radius 1 is 0.952 bits per heavy atom. The van der Waals surface area contributed by atoms with E-state index in [1.165, 1.54) is 69.8 Å². The maximum absolute atomic E-state index is 11.5. The smallest absolute Gasteiger partial charge is 0.306 e. The van der Waals surface area contributed by atoms with Crippen molar-refractivity contribution >= 4 is 5.97 Å². The molecule has 0 heterocycles. The van der Waals surface area contributed by atoms with Crippen LogP contribution in [-0.4, -0.2) is 33.9 Å². The highest BCUT2D eigenvalue weighted by Gasteiger charge is 2.68. The van der Waals surface area contributed by atoms with Gasteiger partial charge in [0.2, 0.25) is 0 Å². The van der Waals surface area contributed by atoms with E-state index in [1.807, 2.05) is 13.8 Å². The predicted molar refractivity (Wildman–Crippen MR) is 171 cm³/mol. The molecule has 4 fully saturated rings. The molecule has 4 saturated carbocycles. The maximum atomic E-state index is 11.5. The first-order valence-electron chi connectivity index (χ1n) is 17.8. The number of fused-ring (bicyclic) bond motifs is 7. The van der Waals surface area contributed by atoms with Crippen LogP contribution in [0, 0.1) is 51.8 Å². The van der Waals surface area contributed by atoms with Gasteiger partial charge in [-0.05, 0) is 167 Å². The van der Waals surface area contributed by atoms with E-state index in [9.17, 15) is 15.0 Å². The minimum Gasteiger partial charge on any atom is -0.481 e. The Hall–Kier alpha value is -1.13. The highest BCUT2D eigenvalue weighted by molar-refractivity contribution is 5.70. The molecule has 4 heteroatoms. The summed E-state index contributed by atoms with van der Waals surface area (Å²) in [6.07, 6.45) is 22.8. The third kappa shape index (κ3) is 4.79. The molecule has 6 rings (SSSR count). The summed E-state index contributed by atoms with van der Waals surface area (Å²) in [5, 5.41) is 23.9. The van der Waals surface area contributed by atoms with Crippen LogP contribution in [0.15, 0.2) is 23.3 Å². The van der Waals surface area contributed by atoms with Gasteiger partial charge >= 0.3 is 5.97 Å². The van der Waals surface area contributed by atoms with Crippen LogP contribution in [0.5, 0.6) is 0 Å². The summed E-state index contributed by atoms with van der Waals surface area (Å²) in [5.74, 6) is 2.93. The molecule has 6 aliphatic rings. The lowest BCUT2D eigenvalue weighted by Crippen LogP contribution is -2.67. The first-order valence-corrected chi connectivity index (χ1v) is 17.8. The molecule has 0 aromatic carbocycles. The number of carbonyl (C=O) groups is 1. The molecule has 9 unspecified atom stereocenters. The van der Waals surface area contributed by atoms with E-state index in [2.05, 4.69) is 45.2 Å². The fraction of sp³-hybridized carbons (Fsp3) is 0.868. The van der Waals surface area contributed by atoms with E-state index in [0.717, 1.165) is 55.9 Å². The third-order valence-corrected chi connectivity index (χ3v) is 15.1. The molecule has 0 aliphatic heterocycles. The highest BCUT2D eigenvalue weighted by atomic mass is 16.4. The number of carboxylic acid groups (broad SMARTS) is 1. The molecule has 0 amide bonds. The summed E-state index contributed by atoms with van der Waals surface area (Å²) in [7, 11) is 0. The van der Waals surface area contributed by atoms with Crippen LogP contribution < -0.4 is 5.32 Å². The monoisotopic (exact) mass is 579 g/mol. The Morgan fingerprint density at radius 3 is 2.43 bits per heavy atom. The molecule has 0 aromatic rings. The van der Waals surface area contributed by atoms with Crippen LogP contribution in [0.2, 0.25) is 0 Å². The normalized spacial score (nSPS) is 46.9. The molecule has 3 N–H and O–H groups in total. The lowest BCUT2D eigenvalue weighted by molar-refractivity contribution is -0.212. The Kier molecular flexibility index (Phi) is 7.90. The zero-order chi connectivity index (χ0) is 30.1. The molecule has 6 aliphatic carbocycles. The quantitative estimate of drug-likeness (QED) is 0.264. The van der Waals surface area contributed by atoms with Gasteiger partial charge < -0.3 is 15.5 Å². The van der Waals surface area contributed by atoms with Crippen molar-refractivity contribution in [2.75, 3.05) is 6.54 Å². The van der Waals surface area contributed by atoms with Crippen LogP contribution >= 0.6 is 0 Å². The number of nitrogens with one attached hydrogen (secondary N) is 1. The van der Waals surface area contributed by atoms with E-state index in [-0.39, 0.29) is 5.92 Å². The third-order valence-electron chi connectivity index (χ3n) is 15.1. The summed E-state index contributed by atoms with van der Waals surface area (Å²) in [5.41, 5.74) is 3.98. The minimum atomic E-state index is -0.627. The predicted octanol–water partition coefficient (Wildman–Crippen LogP) is 8.69. The lowest BCUT2D eigenvalue weighted by Gasteiger charge is -2.71. The molecule has 0 radical (unpaired) electrons. The van der Waals surface area contributed by atoms with Gasteiger partial charge in [0.1, 0.15) is 0 Å². The molecular weight excluding hydrogens is 518 g/mol. The summed E-state index contributed by atoms with van der Waals surface area (Å²) in [6.45, 7) is 15.6. The van der Waals surface area contributed by atoms with Gasteiger partial charge in [0, 0.05) is 5.54 Å². The molecule has 0 bridgehead atoms. The summed E-state index contributed by atoms with van der Waals surface area (Å²) < 4.78 is 0. The van der Waals surface area contributed by atoms with Crippen molar-refractivity contribution in [2.45, 2.75) is 149 Å². The number of hydrogen-bond acceptors (Lipinski definition) is 3. The SMILES string of the molecule is CC1C(C2=CCC(C(=O)O)CC2)=CCC2(C)C1CCC1(C)C2CCC2C3CCCC3(NCCCC(C)(C)O)CC[C@]21C. The standard InChI is InChI=1S/C38H61NO3/c1-25-28(26-10-12-27(13-11-26)33(40)41)16-20-35(4)29(25)17-21-37(6)32(35)15-14-30-31-9-7-19-38(31,23-22-36(30,37)5)39-24-8-18-34(2,3)42/h10,16,25,27,29-32,39,42H,7-9,11-15,17-24H2,1-6H3,(H,40,41)/t25?,27?,29?,30?,31?,32?,35?,36-,37?,38?/m1/s1.